The summed E-state index contributed by atoms with van der Waals surface area (Å²) in [6.45, 7) is 4.37. The van der Waals surface area contributed by atoms with Crippen LogP contribution in [0.15, 0.2) is 29.4 Å². The Kier molecular flexibility index (Phi) is 3.11. The van der Waals surface area contributed by atoms with Gasteiger partial charge in [0.2, 0.25) is 0 Å². The third-order valence-corrected chi connectivity index (χ3v) is 1.62. The molecule has 0 saturated carbocycles. The molecule has 0 heterocycles. The van der Waals surface area contributed by atoms with Gasteiger partial charge in [-0.3, -0.25) is 0 Å². The molecule has 0 aliphatic carbocycles. The highest BCUT2D eigenvalue weighted by molar-refractivity contribution is 5.29. The highest BCUT2D eigenvalue weighted by Crippen LogP contribution is 2.31. The normalized spacial score (nSPS) is 11.1. The quantitative estimate of drug-likeness (QED) is 0.545. The van der Waals surface area contributed by atoms with E-state index in [1.807, 2.05) is 0 Å². The third-order valence-electron chi connectivity index (χ3n) is 1.62. The van der Waals surface area contributed by atoms with E-state index < -0.39 is 11.7 Å². The zero-order valence-corrected chi connectivity index (χ0v) is 7.08. The van der Waals surface area contributed by atoms with Crippen molar-refractivity contribution in [1.29, 1.82) is 0 Å². The fourth-order valence-corrected chi connectivity index (χ4v) is 1.03. The molecule has 0 amide bonds. The Hall–Kier alpha value is -1.52. The van der Waals surface area contributed by atoms with Crippen LogP contribution in [0.3, 0.4) is 0 Å². The summed E-state index contributed by atoms with van der Waals surface area (Å²) in [4.78, 5) is 4.36. The first-order valence-corrected chi connectivity index (χ1v) is 3.73. The van der Waals surface area contributed by atoms with Crippen molar-refractivity contribution in [1.82, 2.24) is 0 Å². The molecule has 0 atom stereocenters. The molecule has 75 valence electrons. The zero-order valence-electron chi connectivity index (χ0n) is 7.08. The Morgan fingerprint density at radius 2 is 1.93 bits per heavy atom. The number of hydrogen-bond donors (Lipinski definition) is 0. The monoisotopic (exact) mass is 202 g/mol. The first-order valence-electron chi connectivity index (χ1n) is 3.73. The lowest BCUT2D eigenvalue weighted by Gasteiger charge is -2.10. The molecule has 1 rings (SSSR count). The van der Waals surface area contributed by atoms with Crippen LogP contribution in [0.2, 0.25) is 0 Å². The maximum atomic E-state index is 12.4. The predicted molar refractivity (Wildman–Crippen MR) is 44.7 cm³/mol. The van der Waals surface area contributed by atoms with Gasteiger partial charge in [0.05, 0.1) is 12.3 Å². The first-order chi connectivity index (χ1) is 6.55. The van der Waals surface area contributed by atoms with Crippen LogP contribution in [-0.2, 0) is 17.6 Å². The molecule has 1 aromatic carbocycles. The van der Waals surface area contributed by atoms with Crippen LogP contribution in [0.5, 0.6) is 0 Å². The van der Waals surface area contributed by atoms with E-state index in [1.54, 1.807) is 0 Å². The van der Waals surface area contributed by atoms with Gasteiger partial charge < -0.3 is 4.84 Å². The van der Waals surface area contributed by atoms with Crippen molar-refractivity contribution in [3.63, 3.8) is 0 Å². The molecular weight excluding hydrogens is 195 g/mol. The molecule has 0 spiro atoms. The number of rotatable bonds is 3. The summed E-state index contributed by atoms with van der Waals surface area (Å²) >= 11 is 0. The number of benzene rings is 1. The van der Waals surface area contributed by atoms with Crippen molar-refractivity contribution in [2.75, 3.05) is 0 Å². The van der Waals surface area contributed by atoms with Gasteiger partial charge in [-0.2, -0.15) is 13.2 Å². The molecular formula is C9H7F3NO. The molecule has 0 bridgehead atoms. The topological polar surface area (TPSA) is 21.6 Å². The van der Waals surface area contributed by atoms with Crippen LogP contribution in [0.4, 0.5) is 13.2 Å². The fraction of sp³-hybridized carbons (Fsp3) is 0.222. The van der Waals surface area contributed by atoms with Crippen LogP contribution in [-0.4, -0.2) is 6.72 Å². The molecule has 5 heteroatoms. The van der Waals surface area contributed by atoms with Gasteiger partial charge in [0.15, 0.2) is 0 Å². The largest absolute Gasteiger partial charge is 0.416 e. The van der Waals surface area contributed by atoms with Crippen LogP contribution in [0, 0.1) is 0 Å². The Morgan fingerprint density at radius 3 is 2.50 bits per heavy atom. The van der Waals surface area contributed by atoms with Crippen LogP contribution < -0.4 is 0 Å². The third kappa shape index (κ3) is 2.48. The lowest BCUT2D eigenvalue weighted by molar-refractivity contribution is -0.138. The average molecular weight is 202 g/mol. The molecule has 14 heavy (non-hydrogen) atoms. The second-order valence-electron chi connectivity index (χ2n) is 2.53. The molecule has 0 aromatic heterocycles. The average Bonchev–Trinajstić information content (AvgIpc) is 2.14. The lowest BCUT2D eigenvalue weighted by atomic mass is 10.1. The van der Waals surface area contributed by atoms with Crippen molar-refractivity contribution in [3.8, 4) is 0 Å². The highest BCUT2D eigenvalue weighted by Gasteiger charge is 2.32. The van der Waals surface area contributed by atoms with Gasteiger partial charge in [-0.25, -0.2) is 0 Å². The molecule has 2 nitrogen and oxygen atoms in total. The number of nitrogens with zero attached hydrogens (tertiary/aromatic N) is 1. The minimum Gasteiger partial charge on any atom is -0.391 e. The second-order valence-corrected chi connectivity index (χ2v) is 2.53. The molecule has 1 radical (unpaired) electrons. The number of alkyl halides is 3. The maximum absolute atomic E-state index is 12.4. The van der Waals surface area contributed by atoms with E-state index >= 15 is 0 Å². The SMILES string of the molecule is [CH]=NOCc1ccccc1C(F)(F)F. The summed E-state index contributed by atoms with van der Waals surface area (Å²) in [6, 6.07) is 5.10. The summed E-state index contributed by atoms with van der Waals surface area (Å²) in [5, 5.41) is 2.79. The van der Waals surface area contributed by atoms with Crippen molar-refractivity contribution < 1.29 is 18.0 Å². The van der Waals surface area contributed by atoms with Crippen molar-refractivity contribution in [2.45, 2.75) is 12.8 Å². The van der Waals surface area contributed by atoms with Gasteiger partial charge in [0.1, 0.15) is 6.61 Å². The van der Waals surface area contributed by atoms with Gasteiger partial charge >= 0.3 is 6.18 Å². The minimum atomic E-state index is -4.38. The Balaban J connectivity index is 2.97. The van der Waals surface area contributed by atoms with Gasteiger partial charge in [0, 0.05) is 5.56 Å². The van der Waals surface area contributed by atoms with E-state index in [2.05, 4.69) is 16.7 Å². The predicted octanol–water partition coefficient (Wildman–Crippen LogP) is 2.71. The lowest BCUT2D eigenvalue weighted by Crippen LogP contribution is -2.09. The Labute approximate surface area is 79.0 Å². The van der Waals surface area contributed by atoms with Crippen LogP contribution in [0.1, 0.15) is 11.1 Å². The van der Waals surface area contributed by atoms with Gasteiger partial charge in [-0.15, -0.1) is 0 Å². The second kappa shape index (κ2) is 4.13. The van der Waals surface area contributed by atoms with Gasteiger partial charge in [-0.1, -0.05) is 23.4 Å². The summed E-state index contributed by atoms with van der Waals surface area (Å²) in [5.74, 6) is 0. The van der Waals surface area contributed by atoms with Crippen LogP contribution >= 0.6 is 0 Å². The molecule has 0 aliphatic heterocycles. The number of hydrogen-bond acceptors (Lipinski definition) is 2. The fourth-order valence-electron chi connectivity index (χ4n) is 1.03. The van der Waals surface area contributed by atoms with E-state index in [-0.39, 0.29) is 12.2 Å². The summed E-state index contributed by atoms with van der Waals surface area (Å²) < 4.78 is 37.1. The van der Waals surface area contributed by atoms with E-state index in [0.717, 1.165) is 6.07 Å². The Morgan fingerprint density at radius 1 is 1.29 bits per heavy atom. The molecule has 0 aliphatic rings. The standard InChI is InChI=1S/C9H7F3NO/c1-13-14-6-7-4-2-3-5-8(7)9(10,11)12/h1-5H,6H2. The summed E-state index contributed by atoms with van der Waals surface area (Å²) in [6.07, 6.45) is -4.38. The molecule has 1 aromatic rings. The minimum absolute atomic E-state index is 0.00852. The summed E-state index contributed by atoms with van der Waals surface area (Å²) in [7, 11) is 0. The number of halogens is 3. The van der Waals surface area contributed by atoms with Crippen molar-refractivity contribution in [3.05, 3.63) is 35.4 Å². The Bertz CT molecular complexity index is 322. The smallest absolute Gasteiger partial charge is 0.391 e. The van der Waals surface area contributed by atoms with Gasteiger partial charge in [0.25, 0.3) is 0 Å². The highest BCUT2D eigenvalue weighted by atomic mass is 19.4. The van der Waals surface area contributed by atoms with E-state index in [0.29, 0.717) is 0 Å². The maximum Gasteiger partial charge on any atom is 0.416 e. The summed E-state index contributed by atoms with van der Waals surface area (Å²) in [5.41, 5.74) is -0.724. The molecule has 0 unspecified atom stereocenters. The van der Waals surface area contributed by atoms with E-state index in [4.69, 9.17) is 0 Å². The molecule has 0 fully saturated rings. The zero-order chi connectivity index (χ0) is 10.6. The van der Waals surface area contributed by atoms with Crippen LogP contribution in [0.25, 0.3) is 0 Å². The molecule has 0 saturated heterocycles. The van der Waals surface area contributed by atoms with E-state index in [1.165, 1.54) is 18.2 Å². The van der Waals surface area contributed by atoms with E-state index in [9.17, 15) is 13.2 Å². The molecule has 0 N–H and O–H groups in total. The first kappa shape index (κ1) is 10.6. The van der Waals surface area contributed by atoms with Gasteiger partial charge in [-0.05, 0) is 6.07 Å². The van der Waals surface area contributed by atoms with Crippen molar-refractivity contribution in [2.24, 2.45) is 5.16 Å². The van der Waals surface area contributed by atoms with Crippen molar-refractivity contribution >= 4 is 6.72 Å².